The molecule has 1 aromatic carbocycles. The fourth-order valence-corrected chi connectivity index (χ4v) is 1.53. The molecule has 2 N–H and O–H groups in total. The Morgan fingerprint density at radius 2 is 1.75 bits per heavy atom. The van der Waals surface area contributed by atoms with E-state index in [9.17, 15) is 0 Å². The summed E-state index contributed by atoms with van der Waals surface area (Å²) in [7, 11) is 6.11. The number of hydrogen-bond donors (Lipinski definition) is 2. The zero-order valence-corrected chi connectivity index (χ0v) is 10.6. The summed E-state index contributed by atoms with van der Waals surface area (Å²) in [4.78, 5) is 2.12. The number of anilines is 1. The van der Waals surface area contributed by atoms with E-state index in [0.717, 1.165) is 19.6 Å². The van der Waals surface area contributed by atoms with Crippen LogP contribution in [0.3, 0.4) is 0 Å². The van der Waals surface area contributed by atoms with Crippen LogP contribution in [0.5, 0.6) is 0 Å². The van der Waals surface area contributed by atoms with Crippen molar-refractivity contribution in [3.8, 4) is 0 Å². The fraction of sp³-hybridized carbons (Fsp3) is 0.538. The van der Waals surface area contributed by atoms with Crippen molar-refractivity contribution in [3.63, 3.8) is 0 Å². The standard InChI is InChI=1S/C13H23N3/c1-14-9-4-10-15-11-12-5-7-13(8-6-12)16(2)3/h5-8,14-15H,4,9-11H2,1-3H3. The number of nitrogens with one attached hydrogen (secondary N) is 2. The molecule has 3 heteroatoms. The van der Waals surface area contributed by atoms with Crippen molar-refractivity contribution < 1.29 is 0 Å². The van der Waals surface area contributed by atoms with Gasteiger partial charge in [0.1, 0.15) is 0 Å². The second-order valence-electron chi connectivity index (χ2n) is 4.19. The van der Waals surface area contributed by atoms with Gasteiger partial charge in [-0.2, -0.15) is 0 Å². The second-order valence-corrected chi connectivity index (χ2v) is 4.19. The Bertz CT molecular complexity index is 280. The predicted octanol–water partition coefficient (Wildman–Crippen LogP) is 1.45. The molecule has 1 rings (SSSR count). The van der Waals surface area contributed by atoms with E-state index < -0.39 is 0 Å². The summed E-state index contributed by atoms with van der Waals surface area (Å²) in [6.45, 7) is 3.10. The quantitative estimate of drug-likeness (QED) is 0.683. The van der Waals surface area contributed by atoms with Crippen LogP contribution in [0.15, 0.2) is 24.3 Å². The van der Waals surface area contributed by atoms with Gasteiger partial charge in [-0.25, -0.2) is 0 Å². The third kappa shape index (κ3) is 4.64. The van der Waals surface area contributed by atoms with Gasteiger partial charge in [0, 0.05) is 26.3 Å². The third-order valence-electron chi connectivity index (χ3n) is 2.56. The van der Waals surface area contributed by atoms with Crippen molar-refractivity contribution in [1.82, 2.24) is 10.6 Å². The Morgan fingerprint density at radius 1 is 1.06 bits per heavy atom. The van der Waals surface area contributed by atoms with Crippen LogP contribution in [0, 0.1) is 0 Å². The molecule has 0 bridgehead atoms. The molecular formula is C13H23N3. The Labute approximate surface area is 98.8 Å². The molecule has 0 heterocycles. The fourth-order valence-electron chi connectivity index (χ4n) is 1.53. The van der Waals surface area contributed by atoms with Gasteiger partial charge in [0.05, 0.1) is 0 Å². The van der Waals surface area contributed by atoms with Crippen LogP contribution in [0.2, 0.25) is 0 Å². The van der Waals surface area contributed by atoms with Crippen LogP contribution in [-0.2, 0) is 6.54 Å². The van der Waals surface area contributed by atoms with Crippen LogP contribution in [0.1, 0.15) is 12.0 Å². The van der Waals surface area contributed by atoms with E-state index in [1.165, 1.54) is 17.7 Å². The Morgan fingerprint density at radius 3 is 2.31 bits per heavy atom. The largest absolute Gasteiger partial charge is 0.378 e. The van der Waals surface area contributed by atoms with Crippen LogP contribution < -0.4 is 15.5 Å². The van der Waals surface area contributed by atoms with E-state index in [4.69, 9.17) is 0 Å². The summed E-state index contributed by atoms with van der Waals surface area (Å²) in [5.41, 5.74) is 2.59. The summed E-state index contributed by atoms with van der Waals surface area (Å²) < 4.78 is 0. The van der Waals surface area contributed by atoms with Gasteiger partial charge >= 0.3 is 0 Å². The second kappa shape index (κ2) is 7.25. The van der Waals surface area contributed by atoms with Crippen LogP contribution >= 0.6 is 0 Å². The van der Waals surface area contributed by atoms with Crippen molar-refractivity contribution in [2.24, 2.45) is 0 Å². The number of rotatable bonds is 7. The molecule has 0 saturated carbocycles. The molecule has 0 atom stereocenters. The van der Waals surface area contributed by atoms with E-state index in [1.807, 2.05) is 7.05 Å². The van der Waals surface area contributed by atoms with Gasteiger partial charge in [-0.05, 0) is 44.3 Å². The maximum atomic E-state index is 3.43. The van der Waals surface area contributed by atoms with Crippen LogP contribution in [0.4, 0.5) is 5.69 Å². The van der Waals surface area contributed by atoms with E-state index in [0.29, 0.717) is 0 Å². The molecule has 0 amide bonds. The molecule has 0 aliphatic rings. The predicted molar refractivity (Wildman–Crippen MR) is 71.0 cm³/mol. The Hall–Kier alpha value is -1.06. The first-order valence-corrected chi connectivity index (χ1v) is 5.85. The Kier molecular flexibility index (Phi) is 5.90. The first-order valence-electron chi connectivity index (χ1n) is 5.85. The summed E-state index contributed by atoms with van der Waals surface area (Å²) in [5, 5.41) is 6.57. The van der Waals surface area contributed by atoms with Crippen molar-refractivity contribution in [2.45, 2.75) is 13.0 Å². The topological polar surface area (TPSA) is 27.3 Å². The molecule has 0 aromatic heterocycles. The lowest BCUT2D eigenvalue weighted by Gasteiger charge is -2.12. The lowest BCUT2D eigenvalue weighted by molar-refractivity contribution is 0.625. The lowest BCUT2D eigenvalue weighted by Crippen LogP contribution is -2.19. The molecule has 0 fully saturated rings. The molecule has 0 saturated heterocycles. The first kappa shape index (κ1) is 13.0. The molecule has 0 unspecified atom stereocenters. The summed E-state index contributed by atoms with van der Waals surface area (Å²) in [6, 6.07) is 8.68. The minimum atomic E-state index is 0.956. The van der Waals surface area contributed by atoms with E-state index >= 15 is 0 Å². The van der Waals surface area contributed by atoms with E-state index in [1.54, 1.807) is 0 Å². The number of benzene rings is 1. The Balaban J connectivity index is 2.27. The minimum absolute atomic E-state index is 0.956. The van der Waals surface area contributed by atoms with Crippen molar-refractivity contribution in [2.75, 3.05) is 39.1 Å². The molecule has 0 aliphatic heterocycles. The van der Waals surface area contributed by atoms with Gasteiger partial charge in [-0.15, -0.1) is 0 Å². The van der Waals surface area contributed by atoms with Gasteiger partial charge in [0.2, 0.25) is 0 Å². The molecule has 0 aliphatic carbocycles. The average Bonchev–Trinajstić information content (AvgIpc) is 2.29. The number of hydrogen-bond acceptors (Lipinski definition) is 3. The molecule has 1 aromatic rings. The highest BCUT2D eigenvalue weighted by molar-refractivity contribution is 5.45. The summed E-state index contributed by atoms with van der Waals surface area (Å²) in [6.07, 6.45) is 1.17. The third-order valence-corrected chi connectivity index (χ3v) is 2.56. The molecule has 0 radical (unpaired) electrons. The SMILES string of the molecule is CNCCCNCc1ccc(N(C)C)cc1. The zero-order valence-electron chi connectivity index (χ0n) is 10.6. The van der Waals surface area contributed by atoms with Gasteiger partial charge < -0.3 is 15.5 Å². The van der Waals surface area contributed by atoms with Crippen molar-refractivity contribution in [3.05, 3.63) is 29.8 Å². The zero-order chi connectivity index (χ0) is 11.8. The van der Waals surface area contributed by atoms with Gasteiger partial charge in [-0.1, -0.05) is 12.1 Å². The normalized spacial score (nSPS) is 10.4. The highest BCUT2D eigenvalue weighted by atomic mass is 15.1. The maximum absolute atomic E-state index is 3.43. The maximum Gasteiger partial charge on any atom is 0.0361 e. The minimum Gasteiger partial charge on any atom is -0.378 e. The molecule has 0 spiro atoms. The van der Waals surface area contributed by atoms with E-state index in [-0.39, 0.29) is 0 Å². The monoisotopic (exact) mass is 221 g/mol. The number of nitrogens with zero attached hydrogens (tertiary/aromatic N) is 1. The van der Waals surface area contributed by atoms with Gasteiger partial charge in [0.15, 0.2) is 0 Å². The lowest BCUT2D eigenvalue weighted by atomic mass is 10.2. The van der Waals surface area contributed by atoms with Gasteiger partial charge in [0.25, 0.3) is 0 Å². The average molecular weight is 221 g/mol. The van der Waals surface area contributed by atoms with Crippen molar-refractivity contribution >= 4 is 5.69 Å². The van der Waals surface area contributed by atoms with Crippen LogP contribution in [-0.4, -0.2) is 34.2 Å². The first-order chi connectivity index (χ1) is 7.74. The summed E-state index contributed by atoms with van der Waals surface area (Å²) in [5.74, 6) is 0. The molecule has 16 heavy (non-hydrogen) atoms. The molecule has 90 valence electrons. The van der Waals surface area contributed by atoms with E-state index in [2.05, 4.69) is 53.9 Å². The highest BCUT2D eigenvalue weighted by Crippen LogP contribution is 2.11. The molecule has 3 nitrogen and oxygen atoms in total. The van der Waals surface area contributed by atoms with Gasteiger partial charge in [-0.3, -0.25) is 0 Å². The van der Waals surface area contributed by atoms with Crippen LogP contribution in [0.25, 0.3) is 0 Å². The summed E-state index contributed by atoms with van der Waals surface area (Å²) >= 11 is 0. The van der Waals surface area contributed by atoms with Crippen molar-refractivity contribution in [1.29, 1.82) is 0 Å². The smallest absolute Gasteiger partial charge is 0.0361 e. The highest BCUT2D eigenvalue weighted by Gasteiger charge is 1.95. The molecular weight excluding hydrogens is 198 g/mol.